The van der Waals surface area contributed by atoms with Crippen molar-refractivity contribution >= 4 is 12.4 Å². The van der Waals surface area contributed by atoms with Crippen molar-refractivity contribution in [2.75, 3.05) is 20.2 Å². The van der Waals surface area contributed by atoms with Gasteiger partial charge in [0, 0.05) is 30.6 Å². The Kier molecular flexibility index (Phi) is 7.70. The molecule has 1 aromatic heterocycles. The van der Waals surface area contributed by atoms with Crippen molar-refractivity contribution in [2.24, 2.45) is 0 Å². The van der Waals surface area contributed by atoms with Gasteiger partial charge in [0.25, 0.3) is 5.82 Å². The van der Waals surface area contributed by atoms with Gasteiger partial charge in [0.2, 0.25) is 0 Å². The van der Waals surface area contributed by atoms with Crippen LogP contribution < -0.4 is 15.4 Å². The summed E-state index contributed by atoms with van der Waals surface area (Å²) in [4.78, 5) is 0. The highest BCUT2D eigenvalue weighted by atomic mass is 35.5. The minimum Gasteiger partial charge on any atom is -0.496 e. The lowest BCUT2D eigenvalue weighted by Gasteiger charge is -2.33. The minimum atomic E-state index is -4.65. The van der Waals surface area contributed by atoms with Crippen LogP contribution in [0.1, 0.15) is 29.3 Å². The Morgan fingerprint density at radius 3 is 2.69 bits per heavy atom. The molecule has 2 aromatic carbocycles. The smallest absolute Gasteiger partial charge is 0.453 e. The predicted molar refractivity (Wildman–Crippen MR) is 115 cm³/mol. The van der Waals surface area contributed by atoms with Crippen LogP contribution in [0.15, 0.2) is 48.5 Å². The maximum Gasteiger partial charge on any atom is 0.453 e. The summed E-state index contributed by atoms with van der Waals surface area (Å²) in [5.41, 5.74) is 2.20. The van der Waals surface area contributed by atoms with Gasteiger partial charge in [0.15, 0.2) is 0 Å². The van der Waals surface area contributed by atoms with Gasteiger partial charge in [0.05, 0.1) is 12.8 Å². The first-order valence-electron chi connectivity index (χ1n) is 9.99. The molecule has 0 amide bonds. The molecule has 3 aromatic rings. The lowest BCUT2D eigenvalue weighted by Crippen LogP contribution is -2.45. The second-order valence-corrected chi connectivity index (χ2v) is 7.41. The van der Waals surface area contributed by atoms with Crippen LogP contribution in [-0.2, 0) is 12.7 Å². The molecular formula is C21H24ClF3N6O. The van der Waals surface area contributed by atoms with E-state index in [2.05, 4.69) is 38.3 Å². The molecule has 172 valence electrons. The second kappa shape index (κ2) is 10.3. The molecule has 11 heteroatoms. The van der Waals surface area contributed by atoms with Crippen LogP contribution in [0.4, 0.5) is 13.2 Å². The molecule has 0 bridgehead atoms. The topological polar surface area (TPSA) is 76.9 Å². The van der Waals surface area contributed by atoms with Crippen LogP contribution in [0.2, 0.25) is 0 Å². The third-order valence-corrected chi connectivity index (χ3v) is 5.50. The van der Waals surface area contributed by atoms with Crippen LogP contribution in [0.3, 0.4) is 0 Å². The number of alkyl halides is 3. The van der Waals surface area contributed by atoms with Crippen molar-refractivity contribution < 1.29 is 17.9 Å². The second-order valence-electron chi connectivity index (χ2n) is 7.41. The molecule has 0 saturated carbocycles. The summed E-state index contributed by atoms with van der Waals surface area (Å²) in [5, 5.41) is 16.8. The quantitative estimate of drug-likeness (QED) is 0.578. The first kappa shape index (κ1) is 24.0. The number of aromatic nitrogens is 4. The molecule has 1 aliphatic rings. The van der Waals surface area contributed by atoms with Crippen LogP contribution in [0.25, 0.3) is 5.69 Å². The first-order chi connectivity index (χ1) is 15.0. The highest BCUT2D eigenvalue weighted by molar-refractivity contribution is 5.85. The van der Waals surface area contributed by atoms with Crippen molar-refractivity contribution in [1.82, 2.24) is 30.8 Å². The lowest BCUT2D eigenvalue weighted by atomic mass is 9.87. The highest BCUT2D eigenvalue weighted by Crippen LogP contribution is 2.30. The van der Waals surface area contributed by atoms with Gasteiger partial charge in [-0.1, -0.05) is 30.3 Å². The minimum absolute atomic E-state index is 0. The van der Waals surface area contributed by atoms with Gasteiger partial charge in [-0.3, -0.25) is 0 Å². The Morgan fingerprint density at radius 1 is 1.19 bits per heavy atom. The van der Waals surface area contributed by atoms with E-state index in [1.807, 2.05) is 18.2 Å². The number of ether oxygens (including phenoxy) is 1. The molecular weight excluding hydrogens is 445 g/mol. The van der Waals surface area contributed by atoms with Gasteiger partial charge in [-0.05, 0) is 47.2 Å². The molecule has 0 unspecified atom stereocenters. The van der Waals surface area contributed by atoms with Gasteiger partial charge in [0.1, 0.15) is 5.75 Å². The van der Waals surface area contributed by atoms with Crippen LogP contribution in [0, 0.1) is 0 Å². The molecule has 1 fully saturated rings. The third-order valence-electron chi connectivity index (χ3n) is 5.50. The molecule has 2 heterocycles. The fourth-order valence-electron chi connectivity index (χ4n) is 3.97. The zero-order valence-corrected chi connectivity index (χ0v) is 18.2. The molecule has 0 radical (unpaired) electrons. The maximum atomic E-state index is 13.2. The van der Waals surface area contributed by atoms with E-state index in [4.69, 9.17) is 4.74 Å². The number of nitrogens with one attached hydrogen (secondary N) is 2. The number of hydrogen-bond acceptors (Lipinski definition) is 6. The van der Waals surface area contributed by atoms with Gasteiger partial charge >= 0.3 is 6.18 Å². The van der Waals surface area contributed by atoms with Gasteiger partial charge in [-0.25, -0.2) is 0 Å². The zero-order valence-electron chi connectivity index (χ0n) is 17.3. The van der Waals surface area contributed by atoms with E-state index in [1.165, 1.54) is 18.7 Å². The molecule has 1 saturated heterocycles. The van der Waals surface area contributed by atoms with Crippen molar-refractivity contribution in [3.63, 3.8) is 0 Å². The number of nitrogens with zero attached hydrogens (tertiary/aromatic N) is 4. The Bertz CT molecular complexity index is 1010. The summed E-state index contributed by atoms with van der Waals surface area (Å²) in [6.07, 6.45) is -3.72. The van der Waals surface area contributed by atoms with E-state index in [0.29, 0.717) is 22.9 Å². The third kappa shape index (κ3) is 5.20. The Hall–Kier alpha value is -2.69. The van der Waals surface area contributed by atoms with Crippen molar-refractivity contribution in [2.45, 2.75) is 31.1 Å². The molecule has 0 aliphatic carbocycles. The lowest BCUT2D eigenvalue weighted by molar-refractivity contribution is -0.146. The number of methoxy groups -OCH3 is 1. The van der Waals surface area contributed by atoms with Crippen LogP contribution in [-0.4, -0.2) is 46.4 Å². The number of rotatable bonds is 6. The Morgan fingerprint density at radius 2 is 1.97 bits per heavy atom. The average molecular weight is 469 g/mol. The van der Waals surface area contributed by atoms with Gasteiger partial charge in [-0.2, -0.15) is 17.9 Å². The van der Waals surface area contributed by atoms with E-state index in [9.17, 15) is 13.2 Å². The van der Waals surface area contributed by atoms with Crippen molar-refractivity contribution in [3.05, 3.63) is 65.5 Å². The summed E-state index contributed by atoms with van der Waals surface area (Å²) in [6.45, 7) is 2.20. The SMILES string of the molecule is COc1ccc(-n2nnnc2C(F)(F)F)cc1CN[C@H]1CCNC[C@H]1c1ccccc1.Cl. The normalized spacial score (nSPS) is 18.8. The number of halogens is 4. The van der Waals surface area contributed by atoms with Gasteiger partial charge in [-0.15, -0.1) is 17.5 Å². The van der Waals surface area contributed by atoms with Crippen LogP contribution >= 0.6 is 12.4 Å². The van der Waals surface area contributed by atoms with Crippen molar-refractivity contribution in [1.29, 1.82) is 0 Å². The average Bonchev–Trinajstić information content (AvgIpc) is 3.29. The first-order valence-corrected chi connectivity index (χ1v) is 9.99. The van der Waals surface area contributed by atoms with E-state index in [0.717, 1.165) is 25.1 Å². The number of piperidine rings is 1. The van der Waals surface area contributed by atoms with E-state index < -0.39 is 12.0 Å². The standard InChI is InChI=1S/C21H23F3N6O.ClH/c1-31-19-8-7-16(30-20(21(22,23)24)27-28-29-30)11-15(19)12-26-18-9-10-25-13-17(18)14-5-3-2-4-6-14;/h2-8,11,17-18,25-26H,9-10,12-13H2,1H3;1H/t17-,18-;/m0./s1. The Labute approximate surface area is 189 Å². The van der Waals surface area contributed by atoms with E-state index >= 15 is 0 Å². The molecule has 2 atom stereocenters. The monoisotopic (exact) mass is 468 g/mol. The zero-order chi connectivity index (χ0) is 21.8. The summed E-state index contributed by atoms with van der Waals surface area (Å²) in [6, 6.07) is 15.2. The highest BCUT2D eigenvalue weighted by Gasteiger charge is 2.38. The molecule has 32 heavy (non-hydrogen) atoms. The molecule has 0 spiro atoms. The maximum absolute atomic E-state index is 13.2. The predicted octanol–water partition coefficient (Wildman–Crippen LogP) is 3.35. The van der Waals surface area contributed by atoms with Crippen molar-refractivity contribution in [3.8, 4) is 11.4 Å². The summed E-state index contributed by atoms with van der Waals surface area (Å²) in [5.74, 6) is -0.289. The number of tetrazole rings is 1. The number of benzene rings is 2. The largest absolute Gasteiger partial charge is 0.496 e. The fourth-order valence-corrected chi connectivity index (χ4v) is 3.97. The molecule has 4 rings (SSSR count). The summed E-state index contributed by atoms with van der Waals surface area (Å²) in [7, 11) is 1.54. The molecule has 1 aliphatic heterocycles. The fraction of sp³-hybridized carbons (Fsp3) is 0.381. The number of hydrogen-bond donors (Lipinski definition) is 2. The summed E-state index contributed by atoms with van der Waals surface area (Å²) < 4.78 is 45.7. The summed E-state index contributed by atoms with van der Waals surface area (Å²) >= 11 is 0. The van der Waals surface area contributed by atoms with Crippen LogP contribution in [0.5, 0.6) is 5.75 Å². The molecule has 7 nitrogen and oxygen atoms in total. The van der Waals surface area contributed by atoms with E-state index in [1.54, 1.807) is 12.1 Å². The Balaban J connectivity index is 0.00000289. The van der Waals surface area contributed by atoms with E-state index in [-0.39, 0.29) is 24.1 Å². The molecule has 2 N–H and O–H groups in total. The van der Waals surface area contributed by atoms with Gasteiger partial charge < -0.3 is 15.4 Å².